The average molecular weight is 473 g/mol. The van der Waals surface area contributed by atoms with Crippen molar-refractivity contribution in [1.29, 1.82) is 0 Å². The molecule has 12 heteroatoms. The summed E-state index contributed by atoms with van der Waals surface area (Å²) in [6.07, 6.45) is 8.57. The van der Waals surface area contributed by atoms with Crippen LogP contribution in [-0.2, 0) is 21.3 Å². The minimum atomic E-state index is -0.622. The van der Waals surface area contributed by atoms with Gasteiger partial charge in [-0.1, -0.05) is 0 Å². The van der Waals surface area contributed by atoms with E-state index in [0.717, 1.165) is 56.7 Å². The van der Waals surface area contributed by atoms with E-state index in [2.05, 4.69) is 35.3 Å². The van der Waals surface area contributed by atoms with Crippen molar-refractivity contribution in [3.63, 3.8) is 0 Å². The van der Waals surface area contributed by atoms with Crippen LogP contribution in [-0.4, -0.2) is 103 Å². The highest BCUT2D eigenvalue weighted by Gasteiger charge is 2.39. The maximum absolute atomic E-state index is 11.7. The summed E-state index contributed by atoms with van der Waals surface area (Å²) in [6.45, 7) is 6.89. The number of ether oxygens (including phenoxy) is 2. The van der Waals surface area contributed by atoms with E-state index >= 15 is 0 Å². The molecule has 1 N–H and O–H groups in total. The first kappa shape index (κ1) is 24.2. The van der Waals surface area contributed by atoms with Crippen LogP contribution in [0.25, 0.3) is 0 Å². The Kier molecular flexibility index (Phi) is 7.80. The summed E-state index contributed by atoms with van der Waals surface area (Å²) in [7, 11) is 1.76. The van der Waals surface area contributed by atoms with Crippen molar-refractivity contribution in [2.75, 3.05) is 45.9 Å². The highest BCUT2D eigenvalue weighted by Crippen LogP contribution is 2.33. The van der Waals surface area contributed by atoms with Crippen molar-refractivity contribution in [3.05, 3.63) is 41.9 Å². The number of aromatic nitrogens is 6. The van der Waals surface area contributed by atoms with E-state index in [1.807, 2.05) is 6.92 Å². The fourth-order valence-electron chi connectivity index (χ4n) is 4.53. The standard InChI is InChI=1S/C20H28N4O4.C2H4N4/c1-15-17(14-27-19(15)26)24-9-4-20(28-11-10-24)2-7-23(8-3-20)13-18(25)16-12-21-5-6-22-16;1-6-2-3-4-5-6/h5-6,12,18,25H,2-4,7-11,13-14H2,1H3;2H,1H3. The normalized spacial score (nSPS) is 21.6. The molecule has 1 unspecified atom stereocenters. The minimum Gasteiger partial charge on any atom is -0.456 e. The Labute approximate surface area is 198 Å². The molecule has 12 nitrogen and oxygen atoms in total. The maximum Gasteiger partial charge on any atom is 0.335 e. The van der Waals surface area contributed by atoms with Gasteiger partial charge in [-0.2, -0.15) is 0 Å². The fourth-order valence-corrected chi connectivity index (χ4v) is 4.53. The van der Waals surface area contributed by atoms with Gasteiger partial charge in [0.05, 0.1) is 35.4 Å². The fraction of sp³-hybridized carbons (Fsp3) is 0.636. The van der Waals surface area contributed by atoms with Crippen LogP contribution < -0.4 is 0 Å². The summed E-state index contributed by atoms with van der Waals surface area (Å²) < 4.78 is 13.0. The van der Waals surface area contributed by atoms with E-state index < -0.39 is 6.10 Å². The maximum atomic E-state index is 11.7. The van der Waals surface area contributed by atoms with Crippen molar-refractivity contribution in [1.82, 2.24) is 40.0 Å². The zero-order valence-corrected chi connectivity index (χ0v) is 19.7. The number of piperidine rings is 1. The van der Waals surface area contributed by atoms with Gasteiger partial charge >= 0.3 is 5.97 Å². The molecule has 2 saturated heterocycles. The lowest BCUT2D eigenvalue weighted by Gasteiger charge is -2.41. The third-order valence-corrected chi connectivity index (χ3v) is 6.64. The van der Waals surface area contributed by atoms with Crippen molar-refractivity contribution in [3.8, 4) is 0 Å². The van der Waals surface area contributed by atoms with Gasteiger partial charge in [0.2, 0.25) is 0 Å². The Morgan fingerprint density at radius 3 is 2.56 bits per heavy atom. The molecule has 0 aliphatic carbocycles. The number of hydrogen-bond donors (Lipinski definition) is 1. The summed E-state index contributed by atoms with van der Waals surface area (Å²) in [5.74, 6) is -0.204. The lowest BCUT2D eigenvalue weighted by molar-refractivity contribution is -0.136. The van der Waals surface area contributed by atoms with Gasteiger partial charge in [-0.15, -0.1) is 5.10 Å². The molecule has 1 spiro atoms. The van der Waals surface area contributed by atoms with Crippen LogP contribution in [0.2, 0.25) is 0 Å². The Morgan fingerprint density at radius 1 is 1.18 bits per heavy atom. The number of aryl methyl sites for hydroxylation is 1. The minimum absolute atomic E-state index is 0.110. The third-order valence-electron chi connectivity index (χ3n) is 6.64. The van der Waals surface area contributed by atoms with Crippen molar-refractivity contribution in [2.45, 2.75) is 37.9 Å². The van der Waals surface area contributed by atoms with Gasteiger partial charge in [0.15, 0.2) is 0 Å². The van der Waals surface area contributed by atoms with Crippen LogP contribution in [0.5, 0.6) is 0 Å². The molecule has 0 amide bonds. The molecule has 0 saturated carbocycles. The third kappa shape index (κ3) is 5.93. The predicted octanol–water partition coefficient (Wildman–Crippen LogP) is 0.108. The summed E-state index contributed by atoms with van der Waals surface area (Å²) in [4.78, 5) is 24.4. The van der Waals surface area contributed by atoms with Crippen LogP contribution in [0.3, 0.4) is 0 Å². The SMILES string of the molecule is CC1=C(N2CCOC3(CCN(CC(O)c4cnccn4)CC3)CC2)COC1=O.Cn1cnnn1. The van der Waals surface area contributed by atoms with Gasteiger partial charge in [-0.3, -0.25) is 9.97 Å². The van der Waals surface area contributed by atoms with Crippen molar-refractivity contribution in [2.24, 2.45) is 7.05 Å². The predicted molar refractivity (Wildman–Crippen MR) is 120 cm³/mol. The van der Waals surface area contributed by atoms with Gasteiger partial charge < -0.3 is 24.4 Å². The number of esters is 1. The molecule has 0 radical (unpaired) electrons. The molecule has 0 aromatic carbocycles. The number of tetrazole rings is 1. The Balaban J connectivity index is 0.000000398. The van der Waals surface area contributed by atoms with E-state index in [1.165, 1.54) is 11.0 Å². The van der Waals surface area contributed by atoms with Gasteiger partial charge in [-0.05, 0) is 36.6 Å². The van der Waals surface area contributed by atoms with Gasteiger partial charge in [-0.25, -0.2) is 9.48 Å². The average Bonchev–Trinajstić information content (AvgIpc) is 3.41. The molecule has 2 fully saturated rings. The van der Waals surface area contributed by atoms with Gasteiger partial charge in [0.25, 0.3) is 0 Å². The topological polar surface area (TPSA) is 132 Å². The zero-order chi connectivity index (χ0) is 24.0. The Bertz CT molecular complexity index is 961. The van der Waals surface area contributed by atoms with Crippen LogP contribution in [0.15, 0.2) is 36.2 Å². The quantitative estimate of drug-likeness (QED) is 0.608. The zero-order valence-electron chi connectivity index (χ0n) is 19.7. The second-order valence-corrected chi connectivity index (χ2v) is 8.85. The number of aliphatic hydroxyl groups is 1. The van der Waals surface area contributed by atoms with Crippen molar-refractivity contribution >= 4 is 5.97 Å². The van der Waals surface area contributed by atoms with Gasteiger partial charge in [0, 0.05) is 52.2 Å². The number of cyclic esters (lactones) is 1. The Hall–Kier alpha value is -2.96. The first-order valence-electron chi connectivity index (χ1n) is 11.5. The largest absolute Gasteiger partial charge is 0.456 e. The molecule has 3 aliphatic rings. The molecule has 3 aliphatic heterocycles. The molecule has 1 atom stereocenters. The Morgan fingerprint density at radius 2 is 1.97 bits per heavy atom. The highest BCUT2D eigenvalue weighted by molar-refractivity contribution is 5.90. The second kappa shape index (κ2) is 11.0. The molecular weight excluding hydrogens is 440 g/mol. The van der Waals surface area contributed by atoms with Crippen LogP contribution >= 0.6 is 0 Å². The second-order valence-electron chi connectivity index (χ2n) is 8.85. The number of hydrogen-bond acceptors (Lipinski definition) is 11. The van der Waals surface area contributed by atoms with Crippen molar-refractivity contribution < 1.29 is 19.4 Å². The molecule has 5 rings (SSSR count). The van der Waals surface area contributed by atoms with Crippen LogP contribution in [0, 0.1) is 0 Å². The number of nitrogens with zero attached hydrogens (tertiary/aromatic N) is 8. The molecule has 0 bridgehead atoms. The van der Waals surface area contributed by atoms with E-state index in [9.17, 15) is 9.90 Å². The first-order chi connectivity index (χ1) is 16.5. The number of likely N-dealkylation sites (tertiary alicyclic amines) is 1. The number of carbonyl (C=O) groups is 1. The summed E-state index contributed by atoms with van der Waals surface area (Å²) in [5, 5.41) is 20.6. The smallest absolute Gasteiger partial charge is 0.335 e. The molecule has 2 aromatic heterocycles. The summed E-state index contributed by atoms with van der Waals surface area (Å²) in [6, 6.07) is 0. The lowest BCUT2D eigenvalue weighted by Crippen LogP contribution is -2.47. The van der Waals surface area contributed by atoms with E-state index in [0.29, 0.717) is 25.5 Å². The first-order valence-corrected chi connectivity index (χ1v) is 11.5. The van der Waals surface area contributed by atoms with Gasteiger partial charge in [0.1, 0.15) is 19.0 Å². The summed E-state index contributed by atoms with van der Waals surface area (Å²) in [5.41, 5.74) is 2.24. The monoisotopic (exact) mass is 472 g/mol. The number of rotatable bonds is 4. The number of aliphatic hydroxyl groups excluding tert-OH is 1. The molecule has 2 aromatic rings. The van der Waals surface area contributed by atoms with E-state index in [1.54, 1.807) is 25.6 Å². The van der Waals surface area contributed by atoms with Crippen LogP contribution in [0.4, 0.5) is 0 Å². The summed E-state index contributed by atoms with van der Waals surface area (Å²) >= 11 is 0. The molecular formula is C22H32N8O4. The van der Waals surface area contributed by atoms with E-state index in [4.69, 9.17) is 9.47 Å². The molecule has 34 heavy (non-hydrogen) atoms. The number of β-amino-alcohol motifs (C(OH)–C–C–N with tert-alkyl or cyclic N) is 1. The number of carbonyl (C=O) groups excluding carboxylic acids is 1. The highest BCUT2D eigenvalue weighted by atomic mass is 16.5. The van der Waals surface area contributed by atoms with Crippen LogP contribution in [0.1, 0.15) is 38.0 Å². The van der Waals surface area contributed by atoms with E-state index in [-0.39, 0.29) is 11.6 Å². The molecule has 5 heterocycles. The molecule has 184 valence electrons. The lowest BCUT2D eigenvalue weighted by atomic mass is 9.87.